The summed E-state index contributed by atoms with van der Waals surface area (Å²) in [6, 6.07) is 2.97. The lowest BCUT2D eigenvalue weighted by atomic mass is 9.94. The highest BCUT2D eigenvalue weighted by Crippen LogP contribution is 2.31. The topological polar surface area (TPSA) is 144 Å². The predicted octanol–water partition coefficient (Wildman–Crippen LogP) is 2.96. The molecule has 37 heavy (non-hydrogen) atoms. The normalized spacial score (nSPS) is 21.4. The molecule has 0 unspecified atom stereocenters. The summed E-state index contributed by atoms with van der Waals surface area (Å²) in [5.74, 6) is -0.383. The van der Waals surface area contributed by atoms with Gasteiger partial charge in [-0.1, -0.05) is 5.16 Å². The van der Waals surface area contributed by atoms with Crippen molar-refractivity contribution in [1.82, 2.24) is 25.0 Å². The van der Waals surface area contributed by atoms with E-state index in [1.54, 1.807) is 19.3 Å². The summed E-state index contributed by atoms with van der Waals surface area (Å²) >= 11 is 0. The van der Waals surface area contributed by atoms with Gasteiger partial charge in [0.05, 0.1) is 11.7 Å². The van der Waals surface area contributed by atoms with Crippen LogP contribution in [0.4, 0.5) is 19.5 Å². The summed E-state index contributed by atoms with van der Waals surface area (Å²) in [6.45, 7) is 3.39. The van der Waals surface area contributed by atoms with Crippen LogP contribution in [0.25, 0.3) is 11.4 Å². The summed E-state index contributed by atoms with van der Waals surface area (Å²) in [6.07, 6.45) is 2.83. The fraction of sp³-hybridized carbons (Fsp3) is 0.458. The molecule has 196 valence electrons. The van der Waals surface area contributed by atoms with E-state index >= 15 is 0 Å². The molecule has 4 heterocycles. The Morgan fingerprint density at radius 2 is 1.95 bits per heavy atom. The first-order chi connectivity index (χ1) is 17.8. The Hall–Kier alpha value is -3.71. The number of carboxylic acid groups (broad SMARTS) is 1. The number of aromatic nitrogens is 4. The molecule has 5 rings (SSSR count). The number of hydrogen-bond donors (Lipinski definition) is 2. The van der Waals surface area contributed by atoms with Crippen LogP contribution in [0.1, 0.15) is 43.2 Å². The second-order valence-corrected chi connectivity index (χ2v) is 9.32. The van der Waals surface area contributed by atoms with E-state index in [0.717, 1.165) is 12.1 Å². The zero-order valence-corrected chi connectivity index (χ0v) is 20.1. The summed E-state index contributed by atoms with van der Waals surface area (Å²) in [5.41, 5.74) is 7.02. The fourth-order valence-electron chi connectivity index (χ4n) is 4.77. The molecule has 2 saturated heterocycles. The van der Waals surface area contributed by atoms with Crippen molar-refractivity contribution in [2.45, 2.75) is 43.9 Å². The first-order valence-electron chi connectivity index (χ1n) is 12.0. The van der Waals surface area contributed by atoms with Crippen molar-refractivity contribution in [2.24, 2.45) is 5.73 Å². The lowest BCUT2D eigenvalue weighted by molar-refractivity contribution is -0.0451. The molecule has 2 aliphatic heterocycles. The third kappa shape index (κ3) is 5.37. The van der Waals surface area contributed by atoms with Gasteiger partial charge in [0.2, 0.25) is 11.8 Å². The molecule has 0 aliphatic carbocycles. The number of carbonyl (C=O) groups is 1. The van der Waals surface area contributed by atoms with Gasteiger partial charge in [0, 0.05) is 50.5 Å². The number of piperidine rings is 1. The van der Waals surface area contributed by atoms with Crippen LogP contribution in [0, 0.1) is 11.6 Å². The van der Waals surface area contributed by atoms with Crippen LogP contribution in [0.5, 0.6) is 0 Å². The number of nitrogens with zero attached hydrogens (tertiary/aromatic N) is 6. The van der Waals surface area contributed by atoms with Gasteiger partial charge in [0.25, 0.3) is 5.89 Å². The summed E-state index contributed by atoms with van der Waals surface area (Å²) in [5, 5.41) is 13.1. The predicted molar refractivity (Wildman–Crippen MR) is 127 cm³/mol. The lowest BCUT2D eigenvalue weighted by Crippen LogP contribution is -2.40. The maximum Gasteiger partial charge on any atom is 0.407 e. The molecule has 3 N–H and O–H groups in total. The Kier molecular flexibility index (Phi) is 6.98. The summed E-state index contributed by atoms with van der Waals surface area (Å²) in [7, 11) is 0. The van der Waals surface area contributed by atoms with E-state index in [4.69, 9.17) is 20.1 Å². The number of rotatable bonds is 6. The van der Waals surface area contributed by atoms with Gasteiger partial charge in [-0.05, 0) is 43.5 Å². The number of halogens is 2. The Morgan fingerprint density at radius 1 is 1.22 bits per heavy atom. The molecule has 3 atom stereocenters. The maximum absolute atomic E-state index is 14.3. The number of anilines is 1. The summed E-state index contributed by atoms with van der Waals surface area (Å²) < 4.78 is 39.3. The number of likely N-dealkylation sites (tertiary alicyclic amines) is 1. The van der Waals surface area contributed by atoms with Gasteiger partial charge in [0.1, 0.15) is 17.7 Å². The Balaban J connectivity index is 1.21. The number of ether oxygens (including phenoxy) is 1. The maximum atomic E-state index is 14.3. The smallest absolute Gasteiger partial charge is 0.407 e. The number of nitrogens with two attached hydrogens (primary N) is 1. The monoisotopic (exact) mass is 515 g/mol. The quantitative estimate of drug-likeness (QED) is 0.503. The molecule has 2 aliphatic rings. The molecule has 0 bridgehead atoms. The molecule has 3 aromatic rings. The van der Waals surface area contributed by atoms with Gasteiger partial charge in [0.15, 0.2) is 0 Å². The molecule has 0 saturated carbocycles. The minimum atomic E-state index is -0.922. The van der Waals surface area contributed by atoms with Crippen molar-refractivity contribution in [2.75, 3.05) is 31.1 Å². The van der Waals surface area contributed by atoms with Gasteiger partial charge in [-0.15, -0.1) is 0 Å². The van der Waals surface area contributed by atoms with Gasteiger partial charge >= 0.3 is 6.09 Å². The van der Waals surface area contributed by atoms with E-state index in [0.29, 0.717) is 62.2 Å². The van der Waals surface area contributed by atoms with E-state index < -0.39 is 35.8 Å². The third-order valence-corrected chi connectivity index (χ3v) is 6.80. The van der Waals surface area contributed by atoms with E-state index in [1.807, 2.05) is 4.90 Å². The number of amides is 1. The zero-order valence-electron chi connectivity index (χ0n) is 20.1. The highest BCUT2D eigenvalue weighted by molar-refractivity contribution is 5.65. The highest BCUT2D eigenvalue weighted by Gasteiger charge is 2.34. The standard InChI is InChI=1S/C24H27F2N7O4/c1-13(36-16-4-6-32(7-5-16)24(34)35)22-30-21(31-37-22)14-9-28-23(29-10-14)33-11-18(20(27)12-33)17-8-15(25)2-3-19(17)26/h2-3,8-10,13,16,18,20H,4-7,11-12,27H2,1H3,(H,34,35)/t13-,18-,20+/m1/s1. The second kappa shape index (κ2) is 10.3. The first kappa shape index (κ1) is 25.0. The zero-order chi connectivity index (χ0) is 26.1. The van der Waals surface area contributed by atoms with Crippen molar-refractivity contribution in [1.29, 1.82) is 0 Å². The van der Waals surface area contributed by atoms with Crippen molar-refractivity contribution < 1.29 is 27.9 Å². The van der Waals surface area contributed by atoms with Crippen LogP contribution in [0.2, 0.25) is 0 Å². The average molecular weight is 516 g/mol. The van der Waals surface area contributed by atoms with E-state index in [2.05, 4.69) is 20.1 Å². The Bertz CT molecular complexity index is 1250. The highest BCUT2D eigenvalue weighted by atomic mass is 19.1. The number of benzene rings is 1. The molecule has 2 fully saturated rings. The van der Waals surface area contributed by atoms with E-state index in [1.165, 1.54) is 11.0 Å². The average Bonchev–Trinajstić information content (AvgIpc) is 3.53. The molecule has 0 spiro atoms. The van der Waals surface area contributed by atoms with Crippen LogP contribution < -0.4 is 10.6 Å². The van der Waals surface area contributed by atoms with Gasteiger partial charge in [-0.25, -0.2) is 23.5 Å². The largest absolute Gasteiger partial charge is 0.465 e. The minimum absolute atomic E-state index is 0.0971. The van der Waals surface area contributed by atoms with Crippen LogP contribution in [-0.2, 0) is 4.74 Å². The molecular formula is C24H27F2N7O4. The lowest BCUT2D eigenvalue weighted by Gasteiger charge is -2.30. The van der Waals surface area contributed by atoms with E-state index in [9.17, 15) is 13.6 Å². The van der Waals surface area contributed by atoms with Gasteiger partial charge < -0.3 is 29.9 Å². The van der Waals surface area contributed by atoms with Gasteiger partial charge in [-0.3, -0.25) is 0 Å². The molecule has 13 heteroatoms. The third-order valence-electron chi connectivity index (χ3n) is 6.80. The van der Waals surface area contributed by atoms with Crippen molar-refractivity contribution in [3.8, 4) is 11.4 Å². The molecule has 11 nitrogen and oxygen atoms in total. The van der Waals surface area contributed by atoms with Gasteiger partial charge in [-0.2, -0.15) is 4.98 Å². The van der Waals surface area contributed by atoms with Crippen molar-refractivity contribution >= 4 is 12.0 Å². The van der Waals surface area contributed by atoms with Crippen LogP contribution >= 0.6 is 0 Å². The fourth-order valence-corrected chi connectivity index (χ4v) is 4.77. The molecule has 2 aromatic heterocycles. The van der Waals surface area contributed by atoms with Crippen LogP contribution in [-0.4, -0.2) is 74.5 Å². The second-order valence-electron chi connectivity index (χ2n) is 9.32. The summed E-state index contributed by atoms with van der Waals surface area (Å²) in [4.78, 5) is 27.4. The SMILES string of the molecule is C[C@@H](OC1CCN(C(=O)O)CC1)c1nc(-c2cnc(N3C[C@H](c4cc(F)ccc4F)[C@@H](N)C3)nc2)no1. The molecule has 1 amide bonds. The first-order valence-corrected chi connectivity index (χ1v) is 12.0. The van der Waals surface area contributed by atoms with E-state index in [-0.39, 0.29) is 11.7 Å². The van der Waals surface area contributed by atoms with Crippen LogP contribution in [0.3, 0.4) is 0 Å². The van der Waals surface area contributed by atoms with Crippen LogP contribution in [0.15, 0.2) is 35.1 Å². The molecule has 0 radical (unpaired) electrons. The molecule has 1 aromatic carbocycles. The number of hydrogen-bond acceptors (Lipinski definition) is 9. The Morgan fingerprint density at radius 3 is 2.65 bits per heavy atom. The molecular weight excluding hydrogens is 488 g/mol. The van der Waals surface area contributed by atoms with Crippen molar-refractivity contribution in [3.05, 3.63) is 53.7 Å². The minimum Gasteiger partial charge on any atom is -0.465 e. The van der Waals surface area contributed by atoms with Crippen molar-refractivity contribution in [3.63, 3.8) is 0 Å². The Labute approximate surface area is 211 Å².